The van der Waals surface area contributed by atoms with Gasteiger partial charge in [-0.3, -0.25) is 9.52 Å². The number of carbonyl (C=O) groups excluding carboxylic acids is 1. The molecule has 0 aliphatic carbocycles. The molecule has 0 saturated carbocycles. The van der Waals surface area contributed by atoms with E-state index in [1.807, 2.05) is 19.1 Å². The van der Waals surface area contributed by atoms with E-state index in [0.29, 0.717) is 28.6 Å². The molecule has 0 radical (unpaired) electrons. The molecule has 150 valence electrons. The summed E-state index contributed by atoms with van der Waals surface area (Å²) in [6, 6.07) is 16.1. The Balaban J connectivity index is 1.72. The molecule has 4 rings (SSSR count). The Morgan fingerprint density at radius 3 is 2.41 bits per heavy atom. The van der Waals surface area contributed by atoms with Crippen molar-refractivity contribution in [1.29, 1.82) is 0 Å². The number of anilines is 2. The fourth-order valence-electron chi connectivity index (χ4n) is 3.90. The van der Waals surface area contributed by atoms with E-state index in [4.69, 9.17) is 0 Å². The first-order valence-electron chi connectivity index (χ1n) is 9.95. The van der Waals surface area contributed by atoms with Crippen LogP contribution in [0.1, 0.15) is 42.6 Å². The highest BCUT2D eigenvalue weighted by Gasteiger charge is 2.31. The van der Waals surface area contributed by atoms with Crippen molar-refractivity contribution in [2.24, 2.45) is 0 Å². The number of benzene rings is 3. The van der Waals surface area contributed by atoms with Crippen molar-refractivity contribution in [3.63, 3.8) is 0 Å². The lowest BCUT2D eigenvalue weighted by Gasteiger charge is -2.16. The number of carbonyl (C=O) groups is 1. The molecule has 1 amide bonds. The smallest absolute Gasteiger partial charge is 0.262 e. The van der Waals surface area contributed by atoms with Gasteiger partial charge in [-0.05, 0) is 55.7 Å². The highest BCUT2D eigenvalue weighted by Crippen LogP contribution is 2.40. The van der Waals surface area contributed by atoms with E-state index in [1.54, 1.807) is 47.4 Å². The molecule has 5 nitrogen and oxygen atoms in total. The second-order valence-corrected chi connectivity index (χ2v) is 8.92. The number of rotatable bonds is 7. The minimum atomic E-state index is -3.80. The molecule has 1 aliphatic rings. The van der Waals surface area contributed by atoms with Gasteiger partial charge in [0.15, 0.2) is 0 Å². The van der Waals surface area contributed by atoms with Crippen molar-refractivity contribution in [3.05, 3.63) is 65.7 Å². The summed E-state index contributed by atoms with van der Waals surface area (Å²) in [5.74, 6) is -0.0849. The first-order chi connectivity index (χ1) is 14.0. The SMILES string of the molecule is CCCCc1ccc(NS(=O)(=O)c2ccc3c4c(cccc24)C(=O)N3CC)cc1. The third-order valence-corrected chi connectivity index (χ3v) is 6.82. The Morgan fingerprint density at radius 2 is 1.72 bits per heavy atom. The van der Waals surface area contributed by atoms with E-state index >= 15 is 0 Å². The third kappa shape index (κ3) is 3.38. The molecule has 29 heavy (non-hydrogen) atoms. The van der Waals surface area contributed by atoms with Gasteiger partial charge in [0.05, 0.1) is 10.6 Å². The van der Waals surface area contributed by atoms with Crippen LogP contribution in [0.3, 0.4) is 0 Å². The predicted octanol–water partition coefficient (Wildman–Crippen LogP) is 4.96. The average molecular weight is 409 g/mol. The Kier molecular flexibility index (Phi) is 5.04. The summed E-state index contributed by atoms with van der Waals surface area (Å²) in [7, 11) is -3.80. The monoisotopic (exact) mass is 408 g/mol. The number of nitrogens with zero attached hydrogens (tertiary/aromatic N) is 1. The number of amides is 1. The Hall–Kier alpha value is -2.86. The topological polar surface area (TPSA) is 66.5 Å². The van der Waals surface area contributed by atoms with Gasteiger partial charge in [-0.25, -0.2) is 8.42 Å². The molecule has 1 heterocycles. The Morgan fingerprint density at radius 1 is 0.966 bits per heavy atom. The highest BCUT2D eigenvalue weighted by molar-refractivity contribution is 7.93. The van der Waals surface area contributed by atoms with Gasteiger partial charge in [0.25, 0.3) is 15.9 Å². The van der Waals surface area contributed by atoms with E-state index in [1.165, 1.54) is 5.56 Å². The zero-order valence-electron chi connectivity index (χ0n) is 16.6. The maximum Gasteiger partial charge on any atom is 0.262 e. The minimum Gasteiger partial charge on any atom is -0.308 e. The highest BCUT2D eigenvalue weighted by atomic mass is 32.2. The molecule has 6 heteroatoms. The summed E-state index contributed by atoms with van der Waals surface area (Å²) < 4.78 is 29.0. The lowest BCUT2D eigenvalue weighted by atomic mass is 10.1. The van der Waals surface area contributed by atoms with Gasteiger partial charge in [-0.2, -0.15) is 0 Å². The fourth-order valence-corrected chi connectivity index (χ4v) is 5.16. The van der Waals surface area contributed by atoms with Crippen LogP contribution >= 0.6 is 0 Å². The second kappa shape index (κ2) is 7.52. The van der Waals surface area contributed by atoms with Crippen LogP contribution in [0.25, 0.3) is 10.8 Å². The van der Waals surface area contributed by atoms with E-state index in [9.17, 15) is 13.2 Å². The number of nitrogens with one attached hydrogen (secondary N) is 1. The molecular formula is C23H24N2O3S. The summed E-state index contributed by atoms with van der Waals surface area (Å²) >= 11 is 0. The number of unbranched alkanes of at least 4 members (excludes halogenated alkanes) is 1. The zero-order chi connectivity index (χ0) is 20.6. The van der Waals surface area contributed by atoms with E-state index in [0.717, 1.165) is 24.9 Å². The Labute approximate surface area is 171 Å². The molecule has 1 N–H and O–H groups in total. The van der Waals surface area contributed by atoms with Gasteiger partial charge in [0.1, 0.15) is 0 Å². The maximum absolute atomic E-state index is 13.1. The molecule has 3 aromatic rings. The molecule has 3 aromatic carbocycles. The van der Waals surface area contributed by atoms with E-state index in [2.05, 4.69) is 11.6 Å². The van der Waals surface area contributed by atoms with Gasteiger partial charge < -0.3 is 4.90 Å². The number of sulfonamides is 1. The van der Waals surface area contributed by atoms with Crippen LogP contribution in [-0.4, -0.2) is 20.9 Å². The summed E-state index contributed by atoms with van der Waals surface area (Å²) in [4.78, 5) is 14.5. The Bertz CT molecular complexity index is 1180. The minimum absolute atomic E-state index is 0.0849. The third-order valence-electron chi connectivity index (χ3n) is 5.38. The van der Waals surface area contributed by atoms with Crippen molar-refractivity contribution in [2.75, 3.05) is 16.2 Å². The molecular weight excluding hydrogens is 384 g/mol. The van der Waals surface area contributed by atoms with Crippen molar-refractivity contribution >= 4 is 38.1 Å². The maximum atomic E-state index is 13.1. The van der Waals surface area contributed by atoms with Crippen LogP contribution in [0, 0.1) is 0 Å². The molecule has 0 spiro atoms. The molecule has 0 atom stereocenters. The standard InChI is InChI=1S/C23H24N2O3S/c1-3-5-7-16-10-12-17(13-11-16)24-29(27,28)21-15-14-20-22-18(21)8-6-9-19(22)23(26)25(20)4-2/h6,8-15,24H,3-5,7H2,1-2H3. The van der Waals surface area contributed by atoms with Gasteiger partial charge in [0, 0.05) is 28.6 Å². The van der Waals surface area contributed by atoms with Crippen molar-refractivity contribution in [3.8, 4) is 0 Å². The van der Waals surface area contributed by atoms with Gasteiger partial charge >= 0.3 is 0 Å². The van der Waals surface area contributed by atoms with Gasteiger partial charge in [-0.1, -0.05) is 37.6 Å². The van der Waals surface area contributed by atoms with Crippen molar-refractivity contribution < 1.29 is 13.2 Å². The van der Waals surface area contributed by atoms with Crippen LogP contribution in [0.5, 0.6) is 0 Å². The van der Waals surface area contributed by atoms with Gasteiger partial charge in [0.2, 0.25) is 0 Å². The number of hydrogen-bond acceptors (Lipinski definition) is 3. The van der Waals surface area contributed by atoms with Crippen LogP contribution in [-0.2, 0) is 16.4 Å². The van der Waals surface area contributed by atoms with Crippen LogP contribution in [0.4, 0.5) is 11.4 Å². The molecule has 0 bridgehead atoms. The van der Waals surface area contributed by atoms with Crippen LogP contribution in [0.15, 0.2) is 59.5 Å². The van der Waals surface area contributed by atoms with E-state index in [-0.39, 0.29) is 10.8 Å². The zero-order valence-corrected chi connectivity index (χ0v) is 17.4. The van der Waals surface area contributed by atoms with Crippen LogP contribution in [0.2, 0.25) is 0 Å². The van der Waals surface area contributed by atoms with Crippen molar-refractivity contribution in [1.82, 2.24) is 0 Å². The summed E-state index contributed by atoms with van der Waals surface area (Å²) in [6.07, 6.45) is 3.22. The fraction of sp³-hybridized carbons (Fsp3) is 0.261. The van der Waals surface area contributed by atoms with Crippen molar-refractivity contribution in [2.45, 2.75) is 38.0 Å². The summed E-state index contributed by atoms with van der Waals surface area (Å²) in [5, 5.41) is 1.27. The molecule has 1 aliphatic heterocycles. The summed E-state index contributed by atoms with van der Waals surface area (Å²) in [5.41, 5.74) is 3.04. The average Bonchev–Trinajstić information content (AvgIpc) is 3.00. The lowest BCUT2D eigenvalue weighted by Crippen LogP contribution is -2.25. The largest absolute Gasteiger partial charge is 0.308 e. The first-order valence-corrected chi connectivity index (χ1v) is 11.4. The number of aryl methyl sites for hydroxylation is 1. The summed E-state index contributed by atoms with van der Waals surface area (Å²) in [6.45, 7) is 4.59. The van der Waals surface area contributed by atoms with E-state index < -0.39 is 10.0 Å². The van der Waals surface area contributed by atoms with Crippen LogP contribution < -0.4 is 9.62 Å². The molecule has 0 aromatic heterocycles. The molecule has 0 unspecified atom stereocenters. The van der Waals surface area contributed by atoms with Gasteiger partial charge in [-0.15, -0.1) is 0 Å². The lowest BCUT2D eigenvalue weighted by molar-refractivity contribution is 0.0994. The number of hydrogen-bond donors (Lipinski definition) is 1. The molecule has 0 saturated heterocycles. The predicted molar refractivity (Wildman–Crippen MR) is 117 cm³/mol. The quantitative estimate of drug-likeness (QED) is 0.601. The molecule has 0 fully saturated rings. The normalized spacial score (nSPS) is 13.3. The second-order valence-electron chi connectivity index (χ2n) is 7.27. The first kappa shape index (κ1) is 19.5.